The standard InChI is InChI=1S/C31H29F6N5O/c1-20(22-14-24(30(32,33)34)16-25(15-22)31(35,36)37)43-28-13-12-26-27(42-19-38-39-40-42)17-29(28,23-10-6-3-7-11-23)41(26)18-21-8-4-2-5-9-21/h2-11,14-16,19-20,26-28H,12-13,17-18H2,1H3/t20-,26-,27+,28+,29+/m0/s1. The molecule has 0 amide bonds. The van der Waals surface area contributed by atoms with Crippen LogP contribution in [0.5, 0.6) is 0 Å². The number of benzene rings is 3. The van der Waals surface area contributed by atoms with Gasteiger partial charge in [0, 0.05) is 12.6 Å². The highest BCUT2D eigenvalue weighted by atomic mass is 19.4. The van der Waals surface area contributed by atoms with E-state index in [0.717, 1.165) is 23.3 Å². The summed E-state index contributed by atoms with van der Waals surface area (Å²) in [5.41, 5.74) is -1.66. The zero-order valence-electron chi connectivity index (χ0n) is 23.1. The summed E-state index contributed by atoms with van der Waals surface area (Å²) in [5, 5.41) is 11.9. The lowest BCUT2D eigenvalue weighted by Gasteiger charge is -2.50. The van der Waals surface area contributed by atoms with Gasteiger partial charge in [0.15, 0.2) is 0 Å². The topological polar surface area (TPSA) is 56.1 Å². The fourth-order valence-electron chi connectivity index (χ4n) is 6.85. The SMILES string of the molecule is C[C@H](O[C@@H]1CC[C@H]2[C@H](n3cnnn3)C[C@]1(c1ccccc1)N2Cc1ccccc1)c1cc(C(F)(F)F)cc(C(F)(F)F)c1. The van der Waals surface area contributed by atoms with Crippen molar-refractivity contribution < 1.29 is 31.1 Å². The van der Waals surface area contributed by atoms with E-state index in [1.807, 2.05) is 60.7 Å². The molecule has 2 bridgehead atoms. The van der Waals surface area contributed by atoms with Crippen molar-refractivity contribution in [2.45, 2.75) is 74.9 Å². The number of nitrogens with zero attached hydrogens (tertiary/aromatic N) is 5. The smallest absolute Gasteiger partial charge is 0.368 e. The predicted octanol–water partition coefficient (Wildman–Crippen LogP) is 7.36. The summed E-state index contributed by atoms with van der Waals surface area (Å²) >= 11 is 0. The van der Waals surface area contributed by atoms with Crippen LogP contribution in [0.2, 0.25) is 0 Å². The van der Waals surface area contributed by atoms with Crippen LogP contribution < -0.4 is 0 Å². The van der Waals surface area contributed by atoms with Crippen molar-refractivity contribution in [3.05, 3.63) is 113 Å². The van der Waals surface area contributed by atoms with Crippen molar-refractivity contribution in [1.82, 2.24) is 25.1 Å². The maximum Gasteiger partial charge on any atom is 0.416 e. The van der Waals surface area contributed by atoms with E-state index in [-0.39, 0.29) is 23.7 Å². The lowest BCUT2D eigenvalue weighted by atomic mass is 9.78. The minimum atomic E-state index is -4.95. The third-order valence-electron chi connectivity index (χ3n) is 8.76. The molecule has 4 aromatic rings. The van der Waals surface area contributed by atoms with Gasteiger partial charge in [-0.15, -0.1) is 5.10 Å². The zero-order chi connectivity index (χ0) is 30.4. The van der Waals surface area contributed by atoms with Gasteiger partial charge in [-0.05, 0) is 71.5 Å². The van der Waals surface area contributed by atoms with Crippen molar-refractivity contribution in [3.8, 4) is 0 Å². The molecule has 226 valence electrons. The lowest BCUT2D eigenvalue weighted by molar-refractivity contribution is -0.144. The molecular formula is C31H29F6N5O. The maximum atomic E-state index is 13.7. The van der Waals surface area contributed by atoms with Gasteiger partial charge in [0.2, 0.25) is 0 Å². The molecule has 2 fully saturated rings. The van der Waals surface area contributed by atoms with Crippen LogP contribution in [0.25, 0.3) is 0 Å². The molecule has 43 heavy (non-hydrogen) atoms. The summed E-state index contributed by atoms with van der Waals surface area (Å²) in [6.07, 6.45) is -8.20. The third-order valence-corrected chi connectivity index (χ3v) is 8.76. The molecule has 5 atom stereocenters. The second-order valence-corrected chi connectivity index (χ2v) is 11.2. The zero-order valence-corrected chi connectivity index (χ0v) is 23.1. The molecule has 0 aliphatic carbocycles. The van der Waals surface area contributed by atoms with Gasteiger partial charge < -0.3 is 4.74 Å². The molecule has 2 aliphatic heterocycles. The average Bonchev–Trinajstić information content (AvgIpc) is 3.58. The highest BCUT2D eigenvalue weighted by Crippen LogP contribution is 2.57. The summed E-state index contributed by atoms with van der Waals surface area (Å²) in [7, 11) is 0. The quantitative estimate of drug-likeness (QED) is 0.207. The fourth-order valence-corrected chi connectivity index (χ4v) is 6.85. The molecule has 6 nitrogen and oxygen atoms in total. The first-order valence-corrected chi connectivity index (χ1v) is 14.0. The van der Waals surface area contributed by atoms with Gasteiger partial charge in [0.05, 0.1) is 34.9 Å². The monoisotopic (exact) mass is 601 g/mol. The Balaban J connectivity index is 1.44. The summed E-state index contributed by atoms with van der Waals surface area (Å²) in [4.78, 5) is 2.36. The van der Waals surface area contributed by atoms with Gasteiger partial charge in [-0.1, -0.05) is 60.7 Å². The van der Waals surface area contributed by atoms with Crippen LogP contribution in [0.3, 0.4) is 0 Å². The Morgan fingerprint density at radius 2 is 1.49 bits per heavy atom. The molecule has 0 spiro atoms. The van der Waals surface area contributed by atoms with Crippen LogP contribution >= 0.6 is 0 Å². The second kappa shape index (κ2) is 11.1. The van der Waals surface area contributed by atoms with Crippen molar-refractivity contribution in [1.29, 1.82) is 0 Å². The van der Waals surface area contributed by atoms with E-state index >= 15 is 0 Å². The fraction of sp³-hybridized carbons (Fsp3) is 0.387. The molecule has 0 saturated carbocycles. The molecule has 0 unspecified atom stereocenters. The van der Waals surface area contributed by atoms with Gasteiger partial charge in [-0.25, -0.2) is 4.68 Å². The molecule has 0 radical (unpaired) electrons. The highest BCUT2D eigenvalue weighted by Gasteiger charge is 2.60. The van der Waals surface area contributed by atoms with Crippen molar-refractivity contribution in [2.24, 2.45) is 0 Å². The van der Waals surface area contributed by atoms with Crippen LogP contribution in [0.4, 0.5) is 26.3 Å². The average molecular weight is 602 g/mol. The summed E-state index contributed by atoms with van der Waals surface area (Å²) in [6, 6.07) is 21.1. The van der Waals surface area contributed by atoms with E-state index in [1.165, 1.54) is 6.92 Å². The molecule has 3 heterocycles. The van der Waals surface area contributed by atoms with Crippen molar-refractivity contribution >= 4 is 0 Å². The Kier molecular flexibility index (Phi) is 7.54. The van der Waals surface area contributed by atoms with Crippen LogP contribution in [0, 0.1) is 0 Å². The first-order valence-electron chi connectivity index (χ1n) is 14.0. The van der Waals surface area contributed by atoms with E-state index < -0.39 is 41.2 Å². The normalized spacial score (nSPS) is 25.1. The molecule has 2 saturated heterocycles. The molecule has 1 aromatic heterocycles. The number of alkyl halides is 6. The maximum absolute atomic E-state index is 13.7. The van der Waals surface area contributed by atoms with Gasteiger partial charge in [0.1, 0.15) is 6.33 Å². The van der Waals surface area contributed by atoms with Crippen molar-refractivity contribution in [3.63, 3.8) is 0 Å². The Morgan fingerprint density at radius 3 is 2.07 bits per heavy atom. The number of piperidine rings is 1. The number of fused-ring (bicyclic) bond motifs is 2. The molecule has 6 rings (SSSR count). The van der Waals surface area contributed by atoms with E-state index in [0.29, 0.717) is 25.8 Å². The van der Waals surface area contributed by atoms with E-state index in [2.05, 4.69) is 20.4 Å². The molecule has 2 aliphatic rings. The highest BCUT2D eigenvalue weighted by molar-refractivity contribution is 5.36. The number of tetrazole rings is 1. The van der Waals surface area contributed by atoms with Crippen molar-refractivity contribution in [2.75, 3.05) is 0 Å². The number of hydrogen-bond acceptors (Lipinski definition) is 5. The first kappa shape index (κ1) is 29.3. The minimum Gasteiger partial charge on any atom is -0.368 e. The van der Waals surface area contributed by atoms with Gasteiger partial charge in [0.25, 0.3) is 0 Å². The lowest BCUT2D eigenvalue weighted by Crippen LogP contribution is -2.56. The van der Waals surface area contributed by atoms with E-state index in [1.54, 1.807) is 11.0 Å². The Morgan fingerprint density at radius 1 is 0.860 bits per heavy atom. The number of hydrogen-bond donors (Lipinski definition) is 0. The second-order valence-electron chi connectivity index (χ2n) is 11.2. The third kappa shape index (κ3) is 5.53. The Bertz CT molecular complexity index is 1500. The molecule has 0 N–H and O–H groups in total. The first-order chi connectivity index (χ1) is 20.5. The number of ether oxygens (including phenoxy) is 1. The Labute approximate surface area is 244 Å². The predicted molar refractivity (Wildman–Crippen MR) is 144 cm³/mol. The van der Waals surface area contributed by atoms with Gasteiger partial charge in [-0.3, -0.25) is 4.90 Å². The van der Waals surface area contributed by atoms with Crippen LogP contribution in [0.15, 0.2) is 85.2 Å². The number of halogens is 6. The number of rotatable bonds is 7. The van der Waals surface area contributed by atoms with Crippen LogP contribution in [-0.4, -0.2) is 37.3 Å². The largest absolute Gasteiger partial charge is 0.416 e. The Hall–Kier alpha value is -3.77. The summed E-state index contributed by atoms with van der Waals surface area (Å²) in [5.74, 6) is 0. The molecular weight excluding hydrogens is 572 g/mol. The summed E-state index contributed by atoms with van der Waals surface area (Å²) in [6.45, 7) is 2.06. The molecule has 3 aromatic carbocycles. The van der Waals surface area contributed by atoms with E-state index in [4.69, 9.17) is 4.74 Å². The van der Waals surface area contributed by atoms with Gasteiger partial charge >= 0.3 is 12.4 Å². The number of aromatic nitrogens is 4. The van der Waals surface area contributed by atoms with E-state index in [9.17, 15) is 26.3 Å². The summed E-state index contributed by atoms with van der Waals surface area (Å²) < 4.78 is 90.3. The van der Waals surface area contributed by atoms with Gasteiger partial charge in [-0.2, -0.15) is 26.3 Å². The van der Waals surface area contributed by atoms with Crippen LogP contribution in [-0.2, 0) is 29.2 Å². The molecule has 12 heteroatoms. The minimum absolute atomic E-state index is 0.00413. The van der Waals surface area contributed by atoms with Crippen LogP contribution in [0.1, 0.15) is 66.1 Å².